The van der Waals surface area contributed by atoms with E-state index in [4.69, 9.17) is 11.6 Å². The Morgan fingerprint density at radius 3 is 2.71 bits per heavy atom. The van der Waals surface area contributed by atoms with E-state index < -0.39 is 0 Å². The molecule has 0 unspecified atom stereocenters. The minimum Gasteiger partial charge on any atom is -0.356 e. The first-order valence-corrected chi connectivity index (χ1v) is 8.82. The Hall–Kier alpha value is -0.940. The van der Waals surface area contributed by atoms with Gasteiger partial charge in [-0.2, -0.15) is 11.8 Å². The van der Waals surface area contributed by atoms with Crippen molar-refractivity contribution in [2.75, 3.05) is 32.1 Å². The number of nitrogens with zero attached hydrogens (tertiary/aromatic N) is 1. The molecule has 0 bridgehead atoms. The van der Waals surface area contributed by atoms with E-state index in [1.54, 1.807) is 19.2 Å². The third-order valence-corrected chi connectivity index (χ3v) is 4.07. The van der Waals surface area contributed by atoms with Crippen LogP contribution in [0.25, 0.3) is 0 Å². The van der Waals surface area contributed by atoms with E-state index in [0.717, 1.165) is 18.9 Å². The molecular formula is C15H23ClFN3S. The molecule has 0 amide bonds. The summed E-state index contributed by atoms with van der Waals surface area (Å²) in [7, 11) is 1.73. The molecule has 118 valence electrons. The van der Waals surface area contributed by atoms with Gasteiger partial charge in [0.25, 0.3) is 0 Å². The lowest BCUT2D eigenvalue weighted by atomic mass is 10.1. The van der Waals surface area contributed by atoms with Crippen molar-refractivity contribution in [3.05, 3.63) is 34.6 Å². The summed E-state index contributed by atoms with van der Waals surface area (Å²) in [6, 6.07) is 4.75. The molecule has 0 aliphatic carbocycles. The second kappa shape index (κ2) is 10.7. The Morgan fingerprint density at radius 2 is 2.05 bits per heavy atom. The average molecular weight is 332 g/mol. The van der Waals surface area contributed by atoms with Crippen molar-refractivity contribution >= 4 is 29.3 Å². The van der Waals surface area contributed by atoms with Crippen molar-refractivity contribution in [3.63, 3.8) is 0 Å². The summed E-state index contributed by atoms with van der Waals surface area (Å²) in [5.74, 6) is 1.66. The maximum absolute atomic E-state index is 13.6. The fourth-order valence-corrected chi connectivity index (χ4v) is 2.63. The normalized spacial score (nSPS) is 11.5. The molecule has 0 aromatic heterocycles. The summed E-state index contributed by atoms with van der Waals surface area (Å²) < 4.78 is 13.6. The quantitative estimate of drug-likeness (QED) is 0.436. The highest BCUT2D eigenvalue weighted by Crippen LogP contribution is 2.18. The van der Waals surface area contributed by atoms with Gasteiger partial charge in [-0.3, -0.25) is 4.99 Å². The maximum atomic E-state index is 13.6. The van der Waals surface area contributed by atoms with Gasteiger partial charge in [-0.05, 0) is 43.4 Å². The summed E-state index contributed by atoms with van der Waals surface area (Å²) in [5, 5.41) is 6.89. The van der Waals surface area contributed by atoms with Crippen LogP contribution in [-0.2, 0) is 6.42 Å². The average Bonchev–Trinajstić information content (AvgIpc) is 2.48. The van der Waals surface area contributed by atoms with Crippen LogP contribution in [0.3, 0.4) is 0 Å². The second-order valence-electron chi connectivity index (χ2n) is 4.58. The molecule has 0 spiro atoms. The first kappa shape index (κ1) is 18.1. The number of thioether (sulfide) groups is 1. The van der Waals surface area contributed by atoms with Gasteiger partial charge in [-0.1, -0.05) is 17.7 Å². The Kier molecular flexibility index (Phi) is 9.26. The first-order chi connectivity index (χ1) is 10.2. The second-order valence-corrected chi connectivity index (χ2v) is 5.97. The number of benzene rings is 1. The van der Waals surface area contributed by atoms with Crippen molar-refractivity contribution in [3.8, 4) is 0 Å². The van der Waals surface area contributed by atoms with Gasteiger partial charge in [0.1, 0.15) is 5.82 Å². The van der Waals surface area contributed by atoms with Gasteiger partial charge in [-0.25, -0.2) is 4.39 Å². The van der Waals surface area contributed by atoms with E-state index in [0.29, 0.717) is 23.6 Å². The fraction of sp³-hybridized carbons (Fsp3) is 0.533. The van der Waals surface area contributed by atoms with Gasteiger partial charge in [0.05, 0.1) is 0 Å². The smallest absolute Gasteiger partial charge is 0.190 e. The highest BCUT2D eigenvalue weighted by molar-refractivity contribution is 7.98. The molecule has 0 radical (unpaired) electrons. The standard InChI is InChI=1S/C15H23ClFN3S/c1-18-15(19-9-3-4-11-21-2)20-10-8-12-13(16)6-5-7-14(12)17/h5-7H,3-4,8-11H2,1-2H3,(H2,18,19,20). The van der Waals surface area contributed by atoms with Gasteiger partial charge in [-0.15, -0.1) is 0 Å². The maximum Gasteiger partial charge on any atom is 0.190 e. The first-order valence-electron chi connectivity index (χ1n) is 7.05. The van der Waals surface area contributed by atoms with Crippen LogP contribution in [0.4, 0.5) is 4.39 Å². The molecule has 0 aliphatic heterocycles. The van der Waals surface area contributed by atoms with E-state index in [1.165, 1.54) is 18.2 Å². The molecule has 0 fully saturated rings. The monoisotopic (exact) mass is 331 g/mol. The van der Waals surface area contributed by atoms with Crippen molar-refractivity contribution in [2.45, 2.75) is 19.3 Å². The van der Waals surface area contributed by atoms with Gasteiger partial charge >= 0.3 is 0 Å². The van der Waals surface area contributed by atoms with Crippen LogP contribution in [0.2, 0.25) is 5.02 Å². The van der Waals surface area contributed by atoms with E-state index in [-0.39, 0.29) is 5.82 Å². The number of halogens is 2. The predicted octanol–water partition coefficient (Wildman–Crippen LogP) is 3.33. The van der Waals surface area contributed by atoms with Crippen LogP contribution >= 0.6 is 23.4 Å². The molecular weight excluding hydrogens is 309 g/mol. The lowest BCUT2D eigenvalue weighted by Crippen LogP contribution is -2.38. The van der Waals surface area contributed by atoms with Crippen LogP contribution in [0.15, 0.2) is 23.2 Å². The molecule has 3 nitrogen and oxygen atoms in total. The van der Waals surface area contributed by atoms with Gasteiger partial charge in [0.15, 0.2) is 5.96 Å². The van der Waals surface area contributed by atoms with Crippen molar-refractivity contribution < 1.29 is 4.39 Å². The number of rotatable bonds is 8. The predicted molar refractivity (Wildman–Crippen MR) is 92.1 cm³/mol. The SMILES string of the molecule is CN=C(NCCCCSC)NCCc1c(F)cccc1Cl. The summed E-state index contributed by atoms with van der Waals surface area (Å²) in [5.41, 5.74) is 0.544. The molecule has 1 aromatic rings. The highest BCUT2D eigenvalue weighted by Gasteiger charge is 2.06. The molecule has 2 N–H and O–H groups in total. The number of aliphatic imine (C=N–C) groups is 1. The number of hydrogen-bond donors (Lipinski definition) is 2. The topological polar surface area (TPSA) is 36.4 Å². The summed E-state index contributed by atoms with van der Waals surface area (Å²) in [6.45, 7) is 1.48. The number of hydrogen-bond acceptors (Lipinski definition) is 2. The fourth-order valence-electron chi connectivity index (χ4n) is 1.88. The van der Waals surface area contributed by atoms with E-state index in [9.17, 15) is 4.39 Å². The van der Waals surface area contributed by atoms with E-state index in [1.807, 2.05) is 11.8 Å². The van der Waals surface area contributed by atoms with E-state index in [2.05, 4.69) is 21.9 Å². The third kappa shape index (κ3) is 7.05. The minimum absolute atomic E-state index is 0.260. The lowest BCUT2D eigenvalue weighted by Gasteiger charge is -2.12. The molecule has 0 saturated carbocycles. The van der Waals surface area contributed by atoms with Crippen LogP contribution in [-0.4, -0.2) is 38.1 Å². The van der Waals surface area contributed by atoms with Crippen LogP contribution in [0, 0.1) is 5.82 Å². The molecule has 0 aliphatic rings. The third-order valence-electron chi connectivity index (χ3n) is 3.02. The zero-order valence-corrected chi connectivity index (χ0v) is 14.2. The number of nitrogens with one attached hydrogen (secondary N) is 2. The Bertz CT molecular complexity index is 434. The molecule has 0 heterocycles. The number of unbranched alkanes of at least 4 members (excludes halogenated alkanes) is 1. The van der Waals surface area contributed by atoms with Crippen LogP contribution in [0.5, 0.6) is 0 Å². The zero-order valence-electron chi connectivity index (χ0n) is 12.6. The van der Waals surface area contributed by atoms with Crippen LogP contribution < -0.4 is 10.6 Å². The summed E-state index contributed by atoms with van der Waals surface area (Å²) in [6.07, 6.45) is 4.94. The molecule has 0 saturated heterocycles. The lowest BCUT2D eigenvalue weighted by molar-refractivity contribution is 0.606. The molecule has 21 heavy (non-hydrogen) atoms. The highest BCUT2D eigenvalue weighted by atomic mass is 35.5. The zero-order chi connectivity index (χ0) is 15.5. The molecule has 0 atom stereocenters. The molecule has 6 heteroatoms. The minimum atomic E-state index is -0.260. The van der Waals surface area contributed by atoms with Gasteiger partial charge in [0.2, 0.25) is 0 Å². The van der Waals surface area contributed by atoms with Crippen molar-refractivity contribution in [1.29, 1.82) is 0 Å². The largest absolute Gasteiger partial charge is 0.356 e. The van der Waals surface area contributed by atoms with E-state index >= 15 is 0 Å². The van der Waals surface area contributed by atoms with Crippen LogP contribution in [0.1, 0.15) is 18.4 Å². The van der Waals surface area contributed by atoms with Gasteiger partial charge in [0, 0.05) is 30.7 Å². The summed E-state index contributed by atoms with van der Waals surface area (Å²) in [4.78, 5) is 4.14. The Morgan fingerprint density at radius 1 is 1.29 bits per heavy atom. The summed E-state index contributed by atoms with van der Waals surface area (Å²) >= 11 is 7.85. The Labute approximate surface area is 135 Å². The molecule has 1 rings (SSSR count). The number of guanidine groups is 1. The van der Waals surface area contributed by atoms with Crippen molar-refractivity contribution in [2.24, 2.45) is 4.99 Å². The Balaban J connectivity index is 2.29. The molecule has 1 aromatic carbocycles. The van der Waals surface area contributed by atoms with Gasteiger partial charge < -0.3 is 10.6 Å². The van der Waals surface area contributed by atoms with Crippen molar-refractivity contribution in [1.82, 2.24) is 10.6 Å².